The van der Waals surface area contributed by atoms with Crippen LogP contribution in [0.5, 0.6) is 5.75 Å². The minimum atomic E-state index is 0.281. The summed E-state index contributed by atoms with van der Waals surface area (Å²) in [6.45, 7) is 0. The van der Waals surface area contributed by atoms with E-state index in [2.05, 4.69) is 12.1 Å². The Kier molecular flexibility index (Phi) is 3.55. The topological polar surface area (TPSA) is 26.3 Å². The lowest BCUT2D eigenvalue weighted by Gasteiger charge is -2.12. The molecule has 102 valence electrons. The van der Waals surface area contributed by atoms with Gasteiger partial charge < -0.3 is 4.74 Å². The third kappa shape index (κ3) is 2.34. The molecule has 0 fully saturated rings. The number of Topliss-reactive ketones (excluding diaryl/α,β-unsaturated/α-hetero) is 1. The van der Waals surface area contributed by atoms with Gasteiger partial charge in [-0.1, -0.05) is 30.3 Å². The van der Waals surface area contributed by atoms with Crippen LogP contribution in [0.1, 0.15) is 35.2 Å². The fourth-order valence-electron chi connectivity index (χ4n) is 2.87. The van der Waals surface area contributed by atoms with E-state index < -0.39 is 0 Å². The number of ether oxygens (including phenoxy) is 1. The summed E-state index contributed by atoms with van der Waals surface area (Å²) in [5.74, 6) is 1.12. The van der Waals surface area contributed by atoms with Crippen LogP contribution in [0, 0.1) is 0 Å². The molecule has 0 heterocycles. The minimum Gasteiger partial charge on any atom is -0.497 e. The van der Waals surface area contributed by atoms with Gasteiger partial charge in [-0.3, -0.25) is 4.79 Å². The standard InChI is InChI=1S/C18H18O2/c1-20-15-11-9-13(10-12-15)16-7-4-6-14-5-2-3-8-17(19)18(14)16/h4,6-7,9-12H,2-3,5,8H2,1H3. The lowest BCUT2D eigenvalue weighted by Crippen LogP contribution is -2.03. The molecule has 0 aliphatic heterocycles. The monoisotopic (exact) mass is 266 g/mol. The van der Waals surface area contributed by atoms with Crippen LogP contribution in [0.25, 0.3) is 11.1 Å². The lowest BCUT2D eigenvalue weighted by molar-refractivity contribution is 0.0982. The van der Waals surface area contributed by atoms with Gasteiger partial charge in [0.1, 0.15) is 5.75 Å². The van der Waals surface area contributed by atoms with Crippen molar-refractivity contribution in [1.29, 1.82) is 0 Å². The molecule has 0 amide bonds. The molecule has 0 spiro atoms. The summed E-state index contributed by atoms with van der Waals surface area (Å²) >= 11 is 0. The SMILES string of the molecule is COc1ccc(-c2cccc3c2C(=O)CCCC3)cc1. The molecular weight excluding hydrogens is 248 g/mol. The molecule has 2 aromatic rings. The van der Waals surface area contributed by atoms with E-state index in [-0.39, 0.29) is 5.78 Å². The number of aryl methyl sites for hydroxylation is 1. The first-order valence-corrected chi connectivity index (χ1v) is 7.09. The van der Waals surface area contributed by atoms with Gasteiger partial charge in [0.05, 0.1) is 7.11 Å². The second-order valence-corrected chi connectivity index (χ2v) is 5.20. The van der Waals surface area contributed by atoms with Crippen LogP contribution in [0.2, 0.25) is 0 Å². The molecule has 0 unspecified atom stereocenters. The summed E-state index contributed by atoms with van der Waals surface area (Å²) in [6, 6.07) is 14.1. The molecule has 0 saturated carbocycles. The number of methoxy groups -OCH3 is 1. The zero-order chi connectivity index (χ0) is 13.9. The van der Waals surface area contributed by atoms with Gasteiger partial charge in [0.25, 0.3) is 0 Å². The van der Waals surface area contributed by atoms with Crippen LogP contribution in [0.3, 0.4) is 0 Å². The summed E-state index contributed by atoms with van der Waals surface area (Å²) in [5, 5.41) is 0. The molecule has 0 saturated heterocycles. The smallest absolute Gasteiger partial charge is 0.163 e. The van der Waals surface area contributed by atoms with Crippen LogP contribution in [-0.4, -0.2) is 12.9 Å². The molecule has 1 aliphatic carbocycles. The maximum atomic E-state index is 12.4. The number of carbonyl (C=O) groups is 1. The zero-order valence-electron chi connectivity index (χ0n) is 11.7. The number of hydrogen-bond donors (Lipinski definition) is 0. The Labute approximate surface area is 119 Å². The van der Waals surface area contributed by atoms with Gasteiger partial charge in [-0.15, -0.1) is 0 Å². The van der Waals surface area contributed by atoms with E-state index in [1.54, 1.807) is 7.11 Å². The van der Waals surface area contributed by atoms with Crippen LogP contribution in [0.15, 0.2) is 42.5 Å². The maximum absolute atomic E-state index is 12.4. The van der Waals surface area contributed by atoms with Gasteiger partial charge >= 0.3 is 0 Å². The quantitative estimate of drug-likeness (QED) is 0.759. The third-order valence-corrected chi connectivity index (χ3v) is 3.93. The van der Waals surface area contributed by atoms with Gasteiger partial charge in [0.15, 0.2) is 5.78 Å². The molecule has 1 aliphatic rings. The highest BCUT2D eigenvalue weighted by Crippen LogP contribution is 2.31. The predicted molar refractivity (Wildman–Crippen MR) is 80.3 cm³/mol. The van der Waals surface area contributed by atoms with Crippen molar-refractivity contribution in [3.8, 4) is 16.9 Å². The fourth-order valence-corrected chi connectivity index (χ4v) is 2.87. The van der Waals surface area contributed by atoms with Crippen molar-refractivity contribution in [3.63, 3.8) is 0 Å². The van der Waals surface area contributed by atoms with Crippen molar-refractivity contribution >= 4 is 5.78 Å². The summed E-state index contributed by atoms with van der Waals surface area (Å²) in [7, 11) is 1.66. The van der Waals surface area contributed by atoms with Crippen LogP contribution < -0.4 is 4.74 Å². The zero-order valence-corrected chi connectivity index (χ0v) is 11.7. The van der Waals surface area contributed by atoms with Crippen LogP contribution in [-0.2, 0) is 6.42 Å². The number of carbonyl (C=O) groups excluding carboxylic acids is 1. The molecule has 2 aromatic carbocycles. The van der Waals surface area contributed by atoms with E-state index in [1.807, 2.05) is 30.3 Å². The van der Waals surface area contributed by atoms with E-state index in [0.717, 1.165) is 41.7 Å². The number of fused-ring (bicyclic) bond motifs is 1. The summed E-state index contributed by atoms with van der Waals surface area (Å²) in [5.41, 5.74) is 4.26. The van der Waals surface area contributed by atoms with Crippen molar-refractivity contribution in [3.05, 3.63) is 53.6 Å². The van der Waals surface area contributed by atoms with Crippen LogP contribution in [0.4, 0.5) is 0 Å². The highest BCUT2D eigenvalue weighted by Gasteiger charge is 2.19. The first kappa shape index (κ1) is 12.9. The number of benzene rings is 2. The second-order valence-electron chi connectivity index (χ2n) is 5.20. The first-order valence-electron chi connectivity index (χ1n) is 7.09. The number of hydrogen-bond acceptors (Lipinski definition) is 2. The third-order valence-electron chi connectivity index (χ3n) is 3.93. The summed E-state index contributed by atoms with van der Waals surface area (Å²) in [6.07, 6.45) is 3.77. The number of rotatable bonds is 2. The Hall–Kier alpha value is -2.09. The van der Waals surface area contributed by atoms with Gasteiger partial charge in [0, 0.05) is 12.0 Å². The largest absolute Gasteiger partial charge is 0.497 e. The fraction of sp³-hybridized carbons (Fsp3) is 0.278. The molecule has 20 heavy (non-hydrogen) atoms. The second kappa shape index (κ2) is 5.49. The molecule has 2 nitrogen and oxygen atoms in total. The molecular formula is C18H18O2. The van der Waals surface area contributed by atoms with Crippen molar-refractivity contribution in [2.45, 2.75) is 25.7 Å². The molecule has 0 aromatic heterocycles. The molecule has 2 heteroatoms. The van der Waals surface area contributed by atoms with E-state index in [0.29, 0.717) is 6.42 Å². The van der Waals surface area contributed by atoms with Crippen molar-refractivity contribution in [2.24, 2.45) is 0 Å². The molecule has 0 N–H and O–H groups in total. The Balaban J connectivity index is 2.11. The van der Waals surface area contributed by atoms with Crippen LogP contribution >= 0.6 is 0 Å². The lowest BCUT2D eigenvalue weighted by atomic mass is 9.92. The van der Waals surface area contributed by atoms with E-state index in [9.17, 15) is 4.79 Å². The van der Waals surface area contributed by atoms with Crippen molar-refractivity contribution in [2.75, 3.05) is 7.11 Å². The van der Waals surface area contributed by atoms with Crippen molar-refractivity contribution < 1.29 is 9.53 Å². The summed E-state index contributed by atoms with van der Waals surface area (Å²) in [4.78, 5) is 12.4. The highest BCUT2D eigenvalue weighted by atomic mass is 16.5. The van der Waals surface area contributed by atoms with Crippen molar-refractivity contribution in [1.82, 2.24) is 0 Å². The summed E-state index contributed by atoms with van der Waals surface area (Å²) < 4.78 is 5.19. The molecule has 0 radical (unpaired) electrons. The Morgan fingerprint density at radius 3 is 2.45 bits per heavy atom. The normalized spacial score (nSPS) is 14.6. The molecule has 3 rings (SSSR count). The predicted octanol–water partition coefficient (Wildman–Crippen LogP) is 4.27. The van der Waals surface area contributed by atoms with Gasteiger partial charge in [-0.25, -0.2) is 0 Å². The Morgan fingerprint density at radius 1 is 0.950 bits per heavy atom. The molecule has 0 atom stereocenters. The Bertz CT molecular complexity index is 626. The Morgan fingerprint density at radius 2 is 1.70 bits per heavy atom. The maximum Gasteiger partial charge on any atom is 0.163 e. The van der Waals surface area contributed by atoms with E-state index in [4.69, 9.17) is 4.74 Å². The van der Waals surface area contributed by atoms with Gasteiger partial charge in [-0.2, -0.15) is 0 Å². The number of ketones is 1. The average Bonchev–Trinajstić information content (AvgIpc) is 2.69. The minimum absolute atomic E-state index is 0.281. The highest BCUT2D eigenvalue weighted by molar-refractivity contribution is 6.04. The molecule has 0 bridgehead atoms. The van der Waals surface area contributed by atoms with E-state index in [1.165, 1.54) is 5.56 Å². The average molecular weight is 266 g/mol. The van der Waals surface area contributed by atoms with E-state index >= 15 is 0 Å². The van der Waals surface area contributed by atoms with Gasteiger partial charge in [-0.05, 0) is 48.1 Å². The van der Waals surface area contributed by atoms with Gasteiger partial charge in [0.2, 0.25) is 0 Å². The first-order chi connectivity index (χ1) is 9.79.